The first kappa shape index (κ1) is 23.4. The molecular formula is C25H23F2N3O3S. The van der Waals surface area contributed by atoms with Crippen LogP contribution in [-0.4, -0.2) is 17.5 Å². The van der Waals surface area contributed by atoms with Gasteiger partial charge in [-0.25, -0.2) is 4.98 Å². The molecule has 0 spiro atoms. The summed E-state index contributed by atoms with van der Waals surface area (Å²) in [7, 11) is 0. The summed E-state index contributed by atoms with van der Waals surface area (Å²) in [5.41, 5.74) is 3.49. The maximum absolute atomic E-state index is 12.7. The van der Waals surface area contributed by atoms with Gasteiger partial charge in [0, 0.05) is 16.1 Å². The molecule has 0 unspecified atom stereocenters. The number of hydrogen-bond donors (Lipinski definition) is 2. The monoisotopic (exact) mass is 483 g/mol. The largest absolute Gasteiger partial charge is 0.459 e. The predicted molar refractivity (Wildman–Crippen MR) is 128 cm³/mol. The van der Waals surface area contributed by atoms with Gasteiger partial charge in [-0.2, -0.15) is 8.78 Å². The third-order valence-electron chi connectivity index (χ3n) is 5.31. The molecule has 1 atom stereocenters. The molecule has 1 amide bonds. The van der Waals surface area contributed by atoms with Crippen molar-refractivity contribution in [2.24, 2.45) is 0 Å². The van der Waals surface area contributed by atoms with E-state index in [4.69, 9.17) is 4.42 Å². The molecule has 0 saturated carbocycles. The van der Waals surface area contributed by atoms with Crippen molar-refractivity contribution in [3.63, 3.8) is 0 Å². The molecule has 1 aromatic carbocycles. The maximum atomic E-state index is 12.7. The summed E-state index contributed by atoms with van der Waals surface area (Å²) in [6.45, 7) is 2.96. The summed E-state index contributed by atoms with van der Waals surface area (Å²) in [4.78, 5) is 18.3. The zero-order valence-electron chi connectivity index (χ0n) is 18.8. The molecule has 34 heavy (non-hydrogen) atoms. The number of halogens is 2. The van der Waals surface area contributed by atoms with Gasteiger partial charge in [-0.3, -0.25) is 4.79 Å². The van der Waals surface area contributed by atoms with Crippen LogP contribution >= 0.6 is 11.3 Å². The number of furan rings is 1. The van der Waals surface area contributed by atoms with Crippen LogP contribution in [-0.2, 0) is 0 Å². The van der Waals surface area contributed by atoms with Crippen LogP contribution in [0.15, 0.2) is 65.3 Å². The summed E-state index contributed by atoms with van der Waals surface area (Å²) >= 11 is 1.46. The standard InChI is InChI=1S/C25H23F2N3O3S/c1-14-6-4-8-20(28-14)29-22(17-9-11-18(12-10-17)33-25(26)27)21-15(2)16(3)34-24(21)30-23(31)19-7-5-13-32-19/h4-13,22,25H,1-3H3,(H,28,29)(H,30,31)/t22-/m0/s1. The summed E-state index contributed by atoms with van der Waals surface area (Å²) in [5.74, 6) is 0.550. The topological polar surface area (TPSA) is 76.4 Å². The minimum atomic E-state index is -2.90. The fourth-order valence-electron chi connectivity index (χ4n) is 3.59. The number of carbonyl (C=O) groups excluding carboxylic acids is 1. The highest BCUT2D eigenvalue weighted by Gasteiger charge is 2.26. The first-order chi connectivity index (χ1) is 16.3. The van der Waals surface area contributed by atoms with E-state index in [1.54, 1.807) is 24.3 Å². The zero-order valence-corrected chi connectivity index (χ0v) is 19.6. The molecule has 2 N–H and O–H groups in total. The summed E-state index contributed by atoms with van der Waals surface area (Å²) in [6, 6.07) is 14.9. The smallest absolute Gasteiger partial charge is 0.387 e. The van der Waals surface area contributed by atoms with Crippen molar-refractivity contribution in [2.75, 3.05) is 10.6 Å². The number of rotatable bonds is 8. The number of carbonyl (C=O) groups is 1. The Morgan fingerprint density at radius 3 is 2.47 bits per heavy atom. The van der Waals surface area contributed by atoms with E-state index in [0.29, 0.717) is 10.8 Å². The summed E-state index contributed by atoms with van der Waals surface area (Å²) in [6.07, 6.45) is 1.44. The van der Waals surface area contributed by atoms with Crippen molar-refractivity contribution < 1.29 is 22.7 Å². The average molecular weight is 484 g/mol. The molecule has 3 heterocycles. The number of ether oxygens (including phenoxy) is 1. The van der Waals surface area contributed by atoms with Gasteiger partial charge >= 0.3 is 6.61 Å². The van der Waals surface area contributed by atoms with Gasteiger partial charge in [-0.1, -0.05) is 18.2 Å². The van der Waals surface area contributed by atoms with Gasteiger partial charge in [0.05, 0.1) is 12.3 Å². The van der Waals surface area contributed by atoms with Crippen LogP contribution in [0, 0.1) is 20.8 Å². The lowest BCUT2D eigenvalue weighted by molar-refractivity contribution is -0.0498. The van der Waals surface area contributed by atoms with E-state index >= 15 is 0 Å². The second kappa shape index (κ2) is 10.0. The van der Waals surface area contributed by atoms with Crippen LogP contribution in [0.2, 0.25) is 0 Å². The third kappa shape index (κ3) is 5.26. The van der Waals surface area contributed by atoms with E-state index in [2.05, 4.69) is 20.4 Å². The van der Waals surface area contributed by atoms with Gasteiger partial charge in [0.15, 0.2) is 5.76 Å². The van der Waals surface area contributed by atoms with Gasteiger partial charge in [0.2, 0.25) is 0 Å². The molecule has 0 aliphatic heterocycles. The quantitative estimate of drug-likeness (QED) is 0.291. The van der Waals surface area contributed by atoms with Crippen molar-refractivity contribution in [3.05, 3.63) is 93.9 Å². The van der Waals surface area contributed by atoms with E-state index in [1.165, 1.54) is 29.7 Å². The molecule has 0 fully saturated rings. The summed E-state index contributed by atoms with van der Waals surface area (Å²) < 4.78 is 35.0. The van der Waals surface area contributed by atoms with Crippen LogP contribution in [0.25, 0.3) is 0 Å². The second-order valence-corrected chi connectivity index (χ2v) is 8.87. The first-order valence-corrected chi connectivity index (χ1v) is 11.3. The Morgan fingerprint density at radius 2 is 1.82 bits per heavy atom. The van der Waals surface area contributed by atoms with E-state index in [1.807, 2.05) is 39.0 Å². The molecule has 0 aliphatic carbocycles. The Morgan fingerprint density at radius 1 is 1.06 bits per heavy atom. The Bertz CT molecular complexity index is 1270. The number of anilines is 2. The zero-order chi connectivity index (χ0) is 24.2. The number of benzene rings is 1. The Labute approximate surface area is 199 Å². The van der Waals surface area contributed by atoms with Crippen LogP contribution in [0.5, 0.6) is 5.75 Å². The Hall–Kier alpha value is -3.72. The molecule has 9 heteroatoms. The third-order valence-corrected chi connectivity index (χ3v) is 6.45. The lowest BCUT2D eigenvalue weighted by atomic mass is 9.96. The molecule has 176 valence electrons. The highest BCUT2D eigenvalue weighted by Crippen LogP contribution is 2.41. The highest BCUT2D eigenvalue weighted by molar-refractivity contribution is 7.16. The number of thiophene rings is 1. The molecule has 4 rings (SSSR count). The van der Waals surface area contributed by atoms with Gasteiger partial charge < -0.3 is 19.8 Å². The van der Waals surface area contributed by atoms with Crippen LogP contribution < -0.4 is 15.4 Å². The van der Waals surface area contributed by atoms with Crippen molar-refractivity contribution >= 4 is 28.1 Å². The fourth-order valence-corrected chi connectivity index (χ4v) is 4.69. The van der Waals surface area contributed by atoms with Crippen molar-refractivity contribution in [3.8, 4) is 5.75 Å². The van der Waals surface area contributed by atoms with E-state index in [0.717, 1.165) is 27.3 Å². The van der Waals surface area contributed by atoms with Crippen molar-refractivity contribution in [1.82, 2.24) is 4.98 Å². The number of aromatic nitrogens is 1. The lowest BCUT2D eigenvalue weighted by Crippen LogP contribution is -2.18. The molecule has 6 nitrogen and oxygen atoms in total. The van der Waals surface area contributed by atoms with Crippen LogP contribution in [0.4, 0.5) is 19.6 Å². The number of nitrogens with one attached hydrogen (secondary N) is 2. The van der Waals surface area contributed by atoms with Gasteiger partial charge in [-0.15, -0.1) is 11.3 Å². The lowest BCUT2D eigenvalue weighted by Gasteiger charge is -2.23. The van der Waals surface area contributed by atoms with Crippen molar-refractivity contribution in [2.45, 2.75) is 33.4 Å². The number of nitrogens with zero attached hydrogens (tertiary/aromatic N) is 1. The Balaban J connectivity index is 1.76. The minimum absolute atomic E-state index is 0.0655. The number of aryl methyl sites for hydroxylation is 2. The summed E-state index contributed by atoms with van der Waals surface area (Å²) in [5, 5.41) is 7.07. The van der Waals surface area contributed by atoms with Crippen LogP contribution in [0.3, 0.4) is 0 Å². The van der Waals surface area contributed by atoms with Gasteiger partial charge in [0.25, 0.3) is 5.91 Å². The molecule has 0 bridgehead atoms. The second-order valence-electron chi connectivity index (χ2n) is 7.65. The minimum Gasteiger partial charge on any atom is -0.459 e. The first-order valence-electron chi connectivity index (χ1n) is 10.5. The SMILES string of the molecule is Cc1cccc(N[C@@H](c2ccc(OC(F)F)cc2)c2c(NC(=O)c3ccco3)sc(C)c2C)n1. The normalized spacial score (nSPS) is 11.9. The maximum Gasteiger partial charge on any atom is 0.387 e. The fraction of sp³-hybridized carbons (Fsp3) is 0.200. The number of amides is 1. The van der Waals surface area contributed by atoms with E-state index in [9.17, 15) is 13.6 Å². The molecule has 4 aromatic rings. The molecule has 0 radical (unpaired) electrons. The average Bonchev–Trinajstić information content (AvgIpc) is 3.42. The van der Waals surface area contributed by atoms with Crippen molar-refractivity contribution in [1.29, 1.82) is 0 Å². The van der Waals surface area contributed by atoms with E-state index in [-0.39, 0.29) is 17.4 Å². The van der Waals surface area contributed by atoms with Gasteiger partial charge in [0.1, 0.15) is 16.6 Å². The Kier molecular flexibility index (Phi) is 6.93. The molecule has 0 saturated heterocycles. The highest BCUT2D eigenvalue weighted by atomic mass is 32.1. The number of pyridine rings is 1. The number of alkyl halides is 2. The molecule has 3 aromatic heterocycles. The van der Waals surface area contributed by atoms with Gasteiger partial charge in [-0.05, 0) is 68.3 Å². The number of hydrogen-bond acceptors (Lipinski definition) is 6. The molecule has 0 aliphatic rings. The molecular weight excluding hydrogens is 460 g/mol. The predicted octanol–water partition coefficient (Wildman–Crippen LogP) is 6.72. The van der Waals surface area contributed by atoms with E-state index < -0.39 is 12.7 Å². The van der Waals surface area contributed by atoms with Crippen LogP contribution in [0.1, 0.15) is 43.9 Å².